The Balaban J connectivity index is 1.35. The molecule has 6 rings (SSSR count). The van der Waals surface area contributed by atoms with E-state index in [-0.39, 0.29) is 11.9 Å². The molecule has 0 saturated carbocycles. The molecule has 2 aromatic carbocycles. The quantitative estimate of drug-likeness (QED) is 0.362. The van der Waals surface area contributed by atoms with Crippen LogP contribution in [0.15, 0.2) is 60.8 Å². The van der Waals surface area contributed by atoms with Gasteiger partial charge in [0.25, 0.3) is 5.91 Å². The van der Waals surface area contributed by atoms with Crippen LogP contribution in [0.2, 0.25) is 0 Å². The summed E-state index contributed by atoms with van der Waals surface area (Å²) in [5.41, 5.74) is 2.90. The highest BCUT2D eigenvalue weighted by atomic mass is 32.1. The minimum absolute atomic E-state index is 0.0550. The SMILES string of the molecule is Cc1cc(Oc2ccccc2)ccc1N1C(=O)Nc2c(C(=O)N3CC[C@H](N(C)C)C3)sc3nccc1c23. The summed E-state index contributed by atoms with van der Waals surface area (Å²) in [7, 11) is 4.07. The first-order valence-corrected chi connectivity index (χ1v) is 13.0. The van der Waals surface area contributed by atoms with Gasteiger partial charge in [0.2, 0.25) is 0 Å². The maximum atomic E-state index is 13.5. The van der Waals surface area contributed by atoms with Crippen LogP contribution in [0.4, 0.5) is 21.9 Å². The number of para-hydroxylation sites is 1. The molecule has 4 aromatic rings. The van der Waals surface area contributed by atoms with Crippen molar-refractivity contribution in [3.05, 3.63) is 71.2 Å². The predicted molar refractivity (Wildman–Crippen MR) is 146 cm³/mol. The van der Waals surface area contributed by atoms with Crippen molar-refractivity contribution in [3.63, 3.8) is 0 Å². The number of rotatable bonds is 5. The van der Waals surface area contributed by atoms with Gasteiger partial charge in [0.1, 0.15) is 21.2 Å². The number of nitrogens with zero attached hydrogens (tertiary/aromatic N) is 4. The summed E-state index contributed by atoms with van der Waals surface area (Å²) in [6, 6.07) is 17.1. The number of ether oxygens (including phenoxy) is 1. The van der Waals surface area contributed by atoms with E-state index in [1.807, 2.05) is 80.5 Å². The van der Waals surface area contributed by atoms with Crippen LogP contribution in [0, 0.1) is 6.92 Å². The smallest absolute Gasteiger partial charge is 0.331 e. The molecule has 3 amide bonds. The monoisotopic (exact) mass is 513 g/mol. The van der Waals surface area contributed by atoms with Gasteiger partial charge in [-0.2, -0.15) is 0 Å². The fourth-order valence-corrected chi connectivity index (χ4v) is 6.12. The Morgan fingerprint density at radius 3 is 2.65 bits per heavy atom. The number of nitrogens with one attached hydrogen (secondary N) is 1. The third kappa shape index (κ3) is 4.10. The number of hydrogen-bond acceptors (Lipinski definition) is 6. The molecule has 0 unspecified atom stereocenters. The lowest BCUT2D eigenvalue weighted by Gasteiger charge is -2.30. The highest BCUT2D eigenvalue weighted by Crippen LogP contribution is 2.47. The van der Waals surface area contributed by atoms with Crippen molar-refractivity contribution in [2.24, 2.45) is 0 Å². The second-order valence-corrected chi connectivity index (χ2v) is 10.6. The lowest BCUT2D eigenvalue weighted by atomic mass is 10.1. The Hall–Kier alpha value is -3.95. The topological polar surface area (TPSA) is 78.0 Å². The molecule has 0 aliphatic carbocycles. The zero-order chi connectivity index (χ0) is 25.7. The molecule has 1 atom stereocenters. The van der Waals surface area contributed by atoms with Gasteiger partial charge in [0.05, 0.1) is 22.4 Å². The molecule has 0 spiro atoms. The molecule has 37 heavy (non-hydrogen) atoms. The van der Waals surface area contributed by atoms with Gasteiger partial charge in [0, 0.05) is 25.3 Å². The minimum Gasteiger partial charge on any atom is -0.457 e. The number of carbonyl (C=O) groups excluding carboxylic acids is 2. The number of aryl methyl sites for hydroxylation is 1. The molecule has 2 aliphatic heterocycles. The third-order valence-corrected chi connectivity index (χ3v) is 8.09. The Bertz CT molecular complexity index is 1520. The number of benzene rings is 2. The lowest BCUT2D eigenvalue weighted by Crippen LogP contribution is -2.36. The summed E-state index contributed by atoms with van der Waals surface area (Å²) in [6.45, 7) is 3.33. The number of aromatic nitrogens is 1. The molecule has 8 nitrogen and oxygen atoms in total. The number of likely N-dealkylation sites (N-methyl/N-ethyl adjacent to an activating group) is 1. The number of hydrogen-bond donors (Lipinski definition) is 1. The average molecular weight is 514 g/mol. The fourth-order valence-electron chi connectivity index (χ4n) is 5.03. The van der Waals surface area contributed by atoms with E-state index >= 15 is 0 Å². The highest BCUT2D eigenvalue weighted by Gasteiger charge is 2.36. The van der Waals surface area contributed by atoms with Crippen molar-refractivity contribution in [1.82, 2.24) is 14.8 Å². The summed E-state index contributed by atoms with van der Waals surface area (Å²) in [6.07, 6.45) is 2.63. The Labute approximate surface area is 219 Å². The van der Waals surface area contributed by atoms with E-state index in [9.17, 15) is 9.59 Å². The van der Waals surface area contributed by atoms with E-state index in [1.165, 1.54) is 11.3 Å². The molecule has 1 saturated heterocycles. The first kappa shape index (κ1) is 23.4. The van der Waals surface area contributed by atoms with E-state index in [2.05, 4.69) is 15.2 Å². The molecule has 4 heterocycles. The fraction of sp³-hybridized carbons (Fsp3) is 0.250. The van der Waals surface area contributed by atoms with Crippen molar-refractivity contribution < 1.29 is 14.3 Å². The van der Waals surface area contributed by atoms with Gasteiger partial charge in [0.15, 0.2) is 0 Å². The van der Waals surface area contributed by atoms with Crippen LogP contribution in [0.1, 0.15) is 21.7 Å². The Kier molecular flexibility index (Phi) is 5.81. The molecule has 9 heteroatoms. The summed E-state index contributed by atoms with van der Waals surface area (Å²) >= 11 is 1.34. The summed E-state index contributed by atoms with van der Waals surface area (Å²) in [5.74, 6) is 1.38. The number of anilines is 3. The van der Waals surface area contributed by atoms with Crippen LogP contribution in [0.25, 0.3) is 10.2 Å². The van der Waals surface area contributed by atoms with Crippen LogP contribution in [-0.2, 0) is 0 Å². The third-order valence-electron chi connectivity index (χ3n) is 7.01. The largest absolute Gasteiger partial charge is 0.457 e. The average Bonchev–Trinajstić information content (AvgIpc) is 3.52. The molecule has 0 radical (unpaired) electrons. The zero-order valence-corrected chi connectivity index (χ0v) is 21.7. The molecular formula is C28H27N5O3S. The maximum absolute atomic E-state index is 13.5. The highest BCUT2D eigenvalue weighted by molar-refractivity contribution is 7.21. The molecule has 2 aromatic heterocycles. The molecule has 1 fully saturated rings. The van der Waals surface area contributed by atoms with E-state index in [0.29, 0.717) is 41.1 Å². The number of urea groups is 1. The minimum atomic E-state index is -0.306. The zero-order valence-electron chi connectivity index (χ0n) is 20.9. The lowest BCUT2D eigenvalue weighted by molar-refractivity contribution is 0.0789. The molecule has 1 N–H and O–H groups in total. The second-order valence-electron chi connectivity index (χ2n) is 9.60. The van der Waals surface area contributed by atoms with E-state index < -0.39 is 0 Å². The van der Waals surface area contributed by atoms with E-state index in [4.69, 9.17) is 4.74 Å². The normalized spacial score (nSPS) is 17.0. The van der Waals surface area contributed by atoms with Crippen molar-refractivity contribution in [1.29, 1.82) is 0 Å². The van der Waals surface area contributed by atoms with Crippen LogP contribution in [0.3, 0.4) is 0 Å². The Morgan fingerprint density at radius 2 is 1.92 bits per heavy atom. The van der Waals surface area contributed by atoms with Crippen LogP contribution >= 0.6 is 11.3 Å². The van der Waals surface area contributed by atoms with Crippen LogP contribution in [0.5, 0.6) is 11.5 Å². The first-order valence-electron chi connectivity index (χ1n) is 12.2. The van der Waals surface area contributed by atoms with E-state index in [0.717, 1.165) is 33.6 Å². The standard InChI is InChI=1S/C28H27N5O3S/c1-17-15-20(36-19-7-5-4-6-8-19)9-10-21(17)33-22-11-13-29-26-23(22)24(30-28(33)35)25(37-26)27(34)32-14-12-18(16-32)31(2)3/h4-11,13,15,18H,12,14,16H2,1-3H3,(H,30,35)/t18-/m0/s1. The van der Waals surface area contributed by atoms with Gasteiger partial charge in [-0.15, -0.1) is 11.3 Å². The van der Waals surface area contributed by atoms with Crippen molar-refractivity contribution in [2.45, 2.75) is 19.4 Å². The van der Waals surface area contributed by atoms with Crippen molar-refractivity contribution >= 4 is 50.6 Å². The number of thiophene rings is 1. The van der Waals surface area contributed by atoms with Gasteiger partial charge >= 0.3 is 6.03 Å². The maximum Gasteiger partial charge on any atom is 0.331 e. The van der Waals surface area contributed by atoms with Crippen LogP contribution in [-0.4, -0.2) is 59.9 Å². The van der Waals surface area contributed by atoms with Gasteiger partial charge < -0.3 is 19.9 Å². The van der Waals surface area contributed by atoms with E-state index in [1.54, 1.807) is 11.1 Å². The molecule has 188 valence electrons. The molecule has 0 bridgehead atoms. The Morgan fingerprint density at radius 1 is 1.11 bits per heavy atom. The number of carbonyl (C=O) groups is 2. The van der Waals surface area contributed by atoms with Gasteiger partial charge in [-0.3, -0.25) is 9.69 Å². The predicted octanol–water partition coefficient (Wildman–Crippen LogP) is 5.86. The molecule has 2 aliphatic rings. The summed E-state index contributed by atoms with van der Waals surface area (Å²) < 4.78 is 5.97. The van der Waals surface area contributed by atoms with Crippen LogP contribution < -0.4 is 15.0 Å². The number of amides is 3. The molecular weight excluding hydrogens is 486 g/mol. The van der Waals surface area contributed by atoms with Crippen molar-refractivity contribution in [3.8, 4) is 11.5 Å². The first-order chi connectivity index (χ1) is 17.9. The summed E-state index contributed by atoms with van der Waals surface area (Å²) in [4.78, 5) is 38.5. The van der Waals surface area contributed by atoms with Gasteiger partial charge in [-0.1, -0.05) is 18.2 Å². The second kappa shape index (κ2) is 9.17. The number of likely N-dealkylation sites (tertiary alicyclic amines) is 1. The van der Waals surface area contributed by atoms with Gasteiger partial charge in [-0.05, 0) is 69.4 Å². The summed E-state index contributed by atoms with van der Waals surface area (Å²) in [5, 5.41) is 3.80. The van der Waals surface area contributed by atoms with Gasteiger partial charge in [-0.25, -0.2) is 9.78 Å². The number of pyridine rings is 1. The van der Waals surface area contributed by atoms with Crippen molar-refractivity contribution in [2.75, 3.05) is 37.4 Å².